The number of hydrogen-bond donors (Lipinski definition) is 1. The summed E-state index contributed by atoms with van der Waals surface area (Å²) in [5.74, 6) is 1.32. The van der Waals surface area contributed by atoms with E-state index in [0.29, 0.717) is 22.9 Å². The molecule has 4 rings (SSSR count). The fourth-order valence-corrected chi connectivity index (χ4v) is 3.50. The second kappa shape index (κ2) is 7.08. The van der Waals surface area contributed by atoms with Gasteiger partial charge < -0.3 is 15.0 Å². The molecule has 0 saturated carbocycles. The Hall–Kier alpha value is -2.80. The quantitative estimate of drug-likeness (QED) is 0.763. The summed E-state index contributed by atoms with van der Waals surface area (Å²) < 4.78 is 5.84. The van der Waals surface area contributed by atoms with Crippen LogP contribution in [-0.2, 0) is 4.74 Å². The highest BCUT2D eigenvalue weighted by atomic mass is 16.5. The molecule has 0 unspecified atom stereocenters. The minimum absolute atomic E-state index is 0.130. The number of nitrogens with one attached hydrogen (secondary N) is 1. The van der Waals surface area contributed by atoms with E-state index in [9.17, 15) is 0 Å². The summed E-state index contributed by atoms with van der Waals surface area (Å²) in [6.07, 6.45) is 3.58. The van der Waals surface area contributed by atoms with E-state index in [1.807, 2.05) is 0 Å². The molecule has 0 bridgehead atoms. The van der Waals surface area contributed by atoms with Crippen molar-refractivity contribution in [1.29, 1.82) is 0 Å². The molecular weight excluding hydrogens is 340 g/mol. The average molecular weight is 364 g/mol. The third-order valence-electron chi connectivity index (χ3n) is 4.66. The van der Waals surface area contributed by atoms with Crippen LogP contribution >= 0.6 is 0 Å². The maximum Gasteiger partial charge on any atom is 0.229 e. The van der Waals surface area contributed by atoms with E-state index in [2.05, 4.69) is 71.1 Å². The Balaban J connectivity index is 1.76. The number of nitrogens with zero attached hydrogens (tertiary/aromatic N) is 5. The lowest BCUT2D eigenvalue weighted by Crippen LogP contribution is -2.46. The number of aromatic nitrogens is 4. The van der Waals surface area contributed by atoms with Gasteiger partial charge in [0.25, 0.3) is 0 Å². The molecule has 3 heterocycles. The highest BCUT2D eigenvalue weighted by molar-refractivity contribution is 5.86. The van der Waals surface area contributed by atoms with Crippen LogP contribution in [0.1, 0.15) is 25.0 Å². The first-order valence-corrected chi connectivity index (χ1v) is 9.23. The molecule has 1 N–H and O–H groups in total. The van der Waals surface area contributed by atoms with Gasteiger partial charge in [-0.05, 0) is 39.3 Å². The van der Waals surface area contributed by atoms with Crippen LogP contribution in [0.4, 0.5) is 17.5 Å². The maximum atomic E-state index is 5.84. The third kappa shape index (κ3) is 3.68. The molecule has 0 amide bonds. The zero-order chi connectivity index (χ0) is 19.0. The van der Waals surface area contributed by atoms with Crippen molar-refractivity contribution in [3.63, 3.8) is 0 Å². The van der Waals surface area contributed by atoms with Crippen molar-refractivity contribution in [2.75, 3.05) is 23.3 Å². The molecule has 27 heavy (non-hydrogen) atoms. The van der Waals surface area contributed by atoms with Gasteiger partial charge in [0.1, 0.15) is 0 Å². The molecule has 3 aromatic rings. The Morgan fingerprint density at radius 3 is 2.52 bits per heavy atom. The van der Waals surface area contributed by atoms with Gasteiger partial charge in [-0.2, -0.15) is 9.97 Å². The van der Waals surface area contributed by atoms with Crippen molar-refractivity contribution in [2.24, 2.45) is 0 Å². The second-order valence-corrected chi connectivity index (χ2v) is 7.21. The van der Waals surface area contributed by atoms with Crippen LogP contribution in [0.3, 0.4) is 0 Å². The van der Waals surface area contributed by atoms with Crippen molar-refractivity contribution >= 4 is 28.6 Å². The maximum absolute atomic E-state index is 5.84. The van der Waals surface area contributed by atoms with Gasteiger partial charge in [-0.3, -0.25) is 0 Å². The SMILES string of the molecule is Cc1ccc(Nc2nc(N3C[C@@H](C)O[C@H](C)C3)nc3nccnc23)c(C)c1. The molecule has 0 aliphatic carbocycles. The molecular formula is C20H24N6O. The summed E-state index contributed by atoms with van der Waals surface area (Å²) in [7, 11) is 0. The highest BCUT2D eigenvalue weighted by Crippen LogP contribution is 2.27. The Kier molecular flexibility index (Phi) is 4.61. The van der Waals surface area contributed by atoms with E-state index in [4.69, 9.17) is 9.72 Å². The number of rotatable bonds is 3. The Morgan fingerprint density at radius 2 is 1.78 bits per heavy atom. The molecule has 1 aliphatic rings. The minimum atomic E-state index is 0.130. The summed E-state index contributed by atoms with van der Waals surface area (Å²) in [4.78, 5) is 20.5. The first kappa shape index (κ1) is 17.6. The average Bonchev–Trinajstić information content (AvgIpc) is 2.63. The van der Waals surface area contributed by atoms with Gasteiger partial charge in [-0.25, -0.2) is 9.97 Å². The van der Waals surface area contributed by atoms with E-state index in [1.165, 1.54) is 5.56 Å². The van der Waals surface area contributed by atoms with Gasteiger partial charge in [-0.15, -0.1) is 0 Å². The van der Waals surface area contributed by atoms with E-state index < -0.39 is 0 Å². The third-order valence-corrected chi connectivity index (χ3v) is 4.66. The lowest BCUT2D eigenvalue weighted by molar-refractivity contribution is -0.00569. The first-order valence-electron chi connectivity index (χ1n) is 9.23. The number of fused-ring (bicyclic) bond motifs is 1. The molecule has 1 fully saturated rings. The summed E-state index contributed by atoms with van der Waals surface area (Å²) in [6.45, 7) is 9.80. The number of hydrogen-bond acceptors (Lipinski definition) is 7. The Morgan fingerprint density at radius 1 is 1.04 bits per heavy atom. The van der Waals surface area contributed by atoms with Crippen LogP contribution in [0, 0.1) is 13.8 Å². The van der Waals surface area contributed by atoms with Crippen molar-refractivity contribution in [1.82, 2.24) is 19.9 Å². The predicted molar refractivity (Wildman–Crippen MR) is 107 cm³/mol. The van der Waals surface area contributed by atoms with E-state index in [1.54, 1.807) is 12.4 Å². The molecule has 140 valence electrons. The molecule has 2 atom stereocenters. The second-order valence-electron chi connectivity index (χ2n) is 7.21. The topological polar surface area (TPSA) is 76.1 Å². The minimum Gasteiger partial charge on any atom is -0.372 e. The van der Waals surface area contributed by atoms with Gasteiger partial charge in [0.05, 0.1) is 12.2 Å². The predicted octanol–water partition coefficient (Wildman–Crippen LogP) is 3.39. The molecule has 7 nitrogen and oxygen atoms in total. The van der Waals surface area contributed by atoms with Gasteiger partial charge in [-0.1, -0.05) is 17.7 Å². The number of ether oxygens (including phenoxy) is 1. The van der Waals surface area contributed by atoms with Crippen LogP contribution in [0.2, 0.25) is 0 Å². The standard InChI is InChI=1S/C20H24N6O/c1-12-5-6-16(13(2)9-12)23-19-17-18(22-8-7-21-17)24-20(25-19)26-10-14(3)27-15(4)11-26/h5-9,14-15H,10-11H2,1-4H3,(H,22,23,24,25)/t14-,15-/m1/s1. The van der Waals surface area contributed by atoms with Crippen LogP contribution in [0.15, 0.2) is 30.6 Å². The fraction of sp³-hybridized carbons (Fsp3) is 0.400. The first-order chi connectivity index (χ1) is 13.0. The molecule has 2 aromatic heterocycles. The number of anilines is 3. The van der Waals surface area contributed by atoms with Gasteiger partial charge >= 0.3 is 0 Å². The van der Waals surface area contributed by atoms with Gasteiger partial charge in [0.15, 0.2) is 17.0 Å². The molecule has 7 heteroatoms. The number of aryl methyl sites for hydroxylation is 2. The van der Waals surface area contributed by atoms with Gasteiger partial charge in [0, 0.05) is 31.2 Å². The zero-order valence-electron chi connectivity index (χ0n) is 16.1. The van der Waals surface area contributed by atoms with Gasteiger partial charge in [0.2, 0.25) is 5.95 Å². The lowest BCUT2D eigenvalue weighted by Gasteiger charge is -2.35. The molecule has 1 aromatic carbocycles. The molecule has 1 aliphatic heterocycles. The Bertz CT molecular complexity index is 966. The van der Waals surface area contributed by atoms with E-state index in [0.717, 1.165) is 24.3 Å². The van der Waals surface area contributed by atoms with E-state index in [-0.39, 0.29) is 12.2 Å². The zero-order valence-corrected chi connectivity index (χ0v) is 16.1. The fourth-order valence-electron chi connectivity index (χ4n) is 3.50. The normalized spacial score (nSPS) is 20.1. The van der Waals surface area contributed by atoms with Crippen LogP contribution < -0.4 is 10.2 Å². The van der Waals surface area contributed by atoms with Crippen LogP contribution in [0.5, 0.6) is 0 Å². The summed E-state index contributed by atoms with van der Waals surface area (Å²) >= 11 is 0. The van der Waals surface area contributed by atoms with E-state index >= 15 is 0 Å². The Labute approximate surface area is 158 Å². The smallest absolute Gasteiger partial charge is 0.229 e. The van der Waals surface area contributed by atoms with Crippen molar-refractivity contribution < 1.29 is 4.74 Å². The largest absolute Gasteiger partial charge is 0.372 e. The summed E-state index contributed by atoms with van der Waals surface area (Å²) in [5, 5.41) is 3.43. The number of benzene rings is 1. The molecule has 1 saturated heterocycles. The van der Waals surface area contributed by atoms with Crippen molar-refractivity contribution in [3.05, 3.63) is 41.7 Å². The monoisotopic (exact) mass is 364 g/mol. The van der Waals surface area contributed by atoms with Crippen molar-refractivity contribution in [2.45, 2.75) is 39.9 Å². The van der Waals surface area contributed by atoms with Crippen LogP contribution in [-0.4, -0.2) is 45.2 Å². The van der Waals surface area contributed by atoms with Crippen molar-refractivity contribution in [3.8, 4) is 0 Å². The summed E-state index contributed by atoms with van der Waals surface area (Å²) in [6, 6.07) is 6.29. The summed E-state index contributed by atoms with van der Waals surface area (Å²) in [5.41, 5.74) is 4.63. The lowest BCUT2D eigenvalue weighted by atomic mass is 10.1. The van der Waals surface area contributed by atoms with Crippen LogP contribution in [0.25, 0.3) is 11.2 Å². The highest BCUT2D eigenvalue weighted by Gasteiger charge is 2.25. The number of morpholine rings is 1. The molecule has 0 spiro atoms. The molecule has 0 radical (unpaired) electrons.